The highest BCUT2D eigenvalue weighted by Gasteiger charge is 2.02. The van der Waals surface area contributed by atoms with E-state index in [0.29, 0.717) is 0 Å². The molecule has 0 unspecified atom stereocenters. The first-order valence-corrected chi connectivity index (χ1v) is 4.37. The van der Waals surface area contributed by atoms with E-state index in [9.17, 15) is 0 Å². The molecule has 4 nitrogen and oxygen atoms in total. The summed E-state index contributed by atoms with van der Waals surface area (Å²) >= 11 is 0. The summed E-state index contributed by atoms with van der Waals surface area (Å²) in [5, 5.41) is 1.98. The summed E-state index contributed by atoms with van der Waals surface area (Å²) in [6.45, 7) is 2.11. The van der Waals surface area contributed by atoms with Gasteiger partial charge in [0.15, 0.2) is 0 Å². The van der Waals surface area contributed by atoms with Crippen LogP contribution in [0, 0.1) is 0 Å². The second-order valence-electron chi connectivity index (χ2n) is 2.83. The van der Waals surface area contributed by atoms with E-state index in [4.69, 9.17) is 0 Å². The highest BCUT2D eigenvalue weighted by Crippen LogP contribution is 2.00. The van der Waals surface area contributed by atoms with Crippen LogP contribution in [-0.4, -0.2) is 25.3 Å². The highest BCUT2D eigenvalue weighted by atomic mass is 15.8. The fourth-order valence-electron chi connectivity index (χ4n) is 1.21. The van der Waals surface area contributed by atoms with Crippen LogP contribution in [0.5, 0.6) is 0 Å². The monoisotopic (exact) mass is 158 g/mol. The zero-order valence-corrected chi connectivity index (χ0v) is 7.19. The average molecular weight is 158 g/mol. The molecule has 0 spiro atoms. The first kappa shape index (κ1) is 8.93. The lowest BCUT2D eigenvalue weighted by molar-refractivity contribution is 0.100. The van der Waals surface area contributed by atoms with Crippen molar-refractivity contribution >= 4 is 0 Å². The van der Waals surface area contributed by atoms with Crippen LogP contribution in [0.4, 0.5) is 0 Å². The van der Waals surface area contributed by atoms with E-state index in [1.54, 1.807) is 0 Å². The minimum atomic E-state index is 1.05. The first-order chi connectivity index (χ1) is 5.43. The Kier molecular flexibility index (Phi) is 4.45. The van der Waals surface area contributed by atoms with Crippen LogP contribution < -0.4 is 16.4 Å². The van der Waals surface area contributed by atoms with Crippen molar-refractivity contribution in [1.29, 1.82) is 0 Å². The Hall–Kier alpha value is -0.160. The lowest BCUT2D eigenvalue weighted by Crippen LogP contribution is -2.52. The minimum Gasteiger partial charge on any atom is -0.243 e. The van der Waals surface area contributed by atoms with Crippen molar-refractivity contribution in [1.82, 2.24) is 21.5 Å². The second-order valence-corrected chi connectivity index (χ2v) is 2.83. The second kappa shape index (κ2) is 5.49. The van der Waals surface area contributed by atoms with Gasteiger partial charge in [-0.25, -0.2) is 10.9 Å². The van der Waals surface area contributed by atoms with Crippen LogP contribution in [0.2, 0.25) is 0 Å². The zero-order chi connectivity index (χ0) is 7.94. The van der Waals surface area contributed by atoms with Crippen LogP contribution in [0.1, 0.15) is 25.7 Å². The van der Waals surface area contributed by atoms with E-state index >= 15 is 0 Å². The van der Waals surface area contributed by atoms with Crippen molar-refractivity contribution in [3.8, 4) is 0 Å². The molecule has 0 aromatic carbocycles. The predicted octanol–water partition coefficient (Wildman–Crippen LogP) is 0.00600. The summed E-state index contributed by atoms with van der Waals surface area (Å²) in [5.41, 5.74) is 9.28. The molecule has 1 aliphatic rings. The Morgan fingerprint density at radius 2 is 2.00 bits per heavy atom. The van der Waals surface area contributed by atoms with Crippen LogP contribution in [0.25, 0.3) is 0 Å². The summed E-state index contributed by atoms with van der Waals surface area (Å²) < 4.78 is 0. The largest absolute Gasteiger partial charge is 0.243 e. The van der Waals surface area contributed by atoms with E-state index < -0.39 is 0 Å². The number of hydrogen-bond donors (Lipinski definition) is 3. The van der Waals surface area contributed by atoms with Crippen molar-refractivity contribution in [2.45, 2.75) is 25.7 Å². The van der Waals surface area contributed by atoms with Gasteiger partial charge in [-0.1, -0.05) is 12.8 Å². The van der Waals surface area contributed by atoms with Crippen LogP contribution in [0.15, 0.2) is 0 Å². The Morgan fingerprint density at radius 1 is 1.18 bits per heavy atom. The van der Waals surface area contributed by atoms with E-state index in [1.165, 1.54) is 25.7 Å². The molecule has 1 aliphatic heterocycles. The third-order valence-electron chi connectivity index (χ3n) is 1.92. The molecule has 0 radical (unpaired) electrons. The fourth-order valence-corrected chi connectivity index (χ4v) is 1.21. The summed E-state index contributed by atoms with van der Waals surface area (Å²) in [6.07, 6.45) is 5.20. The molecule has 1 rings (SSSR count). The van der Waals surface area contributed by atoms with Crippen molar-refractivity contribution in [2.24, 2.45) is 0 Å². The van der Waals surface area contributed by atoms with Gasteiger partial charge < -0.3 is 0 Å². The molecule has 0 saturated carbocycles. The van der Waals surface area contributed by atoms with Gasteiger partial charge in [-0.3, -0.25) is 0 Å². The summed E-state index contributed by atoms with van der Waals surface area (Å²) in [6, 6.07) is 0. The fraction of sp³-hybridized carbons (Fsp3) is 1.00. The molecule has 4 heteroatoms. The quantitative estimate of drug-likeness (QED) is 0.502. The molecule has 66 valence electrons. The van der Waals surface area contributed by atoms with Gasteiger partial charge in [0.25, 0.3) is 0 Å². The average Bonchev–Trinajstić information content (AvgIpc) is 2.16. The molecular formula is C7H18N4. The molecular weight excluding hydrogens is 140 g/mol. The molecule has 0 amide bonds. The third-order valence-corrected chi connectivity index (χ3v) is 1.92. The van der Waals surface area contributed by atoms with Gasteiger partial charge in [0.2, 0.25) is 0 Å². The number of hydrazine groups is 3. The Labute approximate surface area is 68.2 Å². The summed E-state index contributed by atoms with van der Waals surface area (Å²) in [4.78, 5) is 0. The molecule has 3 N–H and O–H groups in total. The predicted molar refractivity (Wildman–Crippen MR) is 45.4 cm³/mol. The third kappa shape index (κ3) is 3.67. The van der Waals surface area contributed by atoms with Crippen molar-refractivity contribution in [2.75, 3.05) is 20.1 Å². The summed E-state index contributed by atoms with van der Waals surface area (Å²) in [5.74, 6) is 0. The van der Waals surface area contributed by atoms with Gasteiger partial charge in [-0.2, -0.15) is 10.7 Å². The van der Waals surface area contributed by atoms with Gasteiger partial charge in [-0.15, -0.1) is 0 Å². The Bertz CT molecular complexity index is 86.4. The maximum atomic E-state index is 3.14. The van der Waals surface area contributed by atoms with E-state index in [0.717, 1.165) is 13.1 Å². The number of hydrogen-bond acceptors (Lipinski definition) is 4. The van der Waals surface area contributed by atoms with Gasteiger partial charge in [0.1, 0.15) is 0 Å². The normalized spacial score (nSPS) is 23.7. The van der Waals surface area contributed by atoms with Crippen LogP contribution in [-0.2, 0) is 0 Å². The molecule has 0 aromatic rings. The van der Waals surface area contributed by atoms with Crippen molar-refractivity contribution in [3.05, 3.63) is 0 Å². The van der Waals surface area contributed by atoms with Gasteiger partial charge >= 0.3 is 0 Å². The van der Waals surface area contributed by atoms with Crippen molar-refractivity contribution in [3.63, 3.8) is 0 Å². The van der Waals surface area contributed by atoms with E-state index in [1.807, 2.05) is 12.2 Å². The number of nitrogens with zero attached hydrogens (tertiary/aromatic N) is 1. The zero-order valence-electron chi connectivity index (χ0n) is 7.19. The van der Waals surface area contributed by atoms with Crippen LogP contribution >= 0.6 is 0 Å². The number of rotatable bonds is 1. The van der Waals surface area contributed by atoms with E-state index in [2.05, 4.69) is 16.4 Å². The number of nitrogens with one attached hydrogen (secondary N) is 3. The SMILES string of the molecule is CNN1CCCCCCNN1. The molecule has 0 aromatic heterocycles. The molecule has 0 bridgehead atoms. The smallest absolute Gasteiger partial charge is 0.0301 e. The van der Waals surface area contributed by atoms with Crippen LogP contribution in [0.3, 0.4) is 0 Å². The highest BCUT2D eigenvalue weighted by molar-refractivity contribution is 4.51. The first-order valence-electron chi connectivity index (χ1n) is 4.37. The van der Waals surface area contributed by atoms with Gasteiger partial charge in [-0.05, 0) is 12.8 Å². The molecule has 1 heterocycles. The van der Waals surface area contributed by atoms with E-state index in [-0.39, 0.29) is 0 Å². The minimum absolute atomic E-state index is 1.05. The molecule has 1 saturated heterocycles. The topological polar surface area (TPSA) is 39.3 Å². The summed E-state index contributed by atoms with van der Waals surface area (Å²) in [7, 11) is 1.92. The molecule has 0 atom stereocenters. The Balaban J connectivity index is 2.19. The lowest BCUT2D eigenvalue weighted by Gasteiger charge is -2.20. The molecule has 0 aliphatic carbocycles. The standard InChI is InChI=1S/C7H18N4/c1-8-11-7-5-3-2-4-6-9-10-11/h8-10H,2-7H2,1H3. The van der Waals surface area contributed by atoms with Gasteiger partial charge in [0, 0.05) is 20.1 Å². The molecule has 1 fully saturated rings. The maximum absolute atomic E-state index is 3.14. The Morgan fingerprint density at radius 3 is 2.82 bits per heavy atom. The van der Waals surface area contributed by atoms with Gasteiger partial charge in [0.05, 0.1) is 0 Å². The van der Waals surface area contributed by atoms with Crippen molar-refractivity contribution < 1.29 is 0 Å². The lowest BCUT2D eigenvalue weighted by atomic mass is 10.2. The molecule has 11 heavy (non-hydrogen) atoms. The maximum Gasteiger partial charge on any atom is 0.0301 e.